The van der Waals surface area contributed by atoms with Gasteiger partial charge in [-0.3, -0.25) is 4.79 Å². The Kier molecular flexibility index (Phi) is 1.99. The van der Waals surface area contributed by atoms with E-state index in [-0.39, 0.29) is 17.1 Å². The lowest BCUT2D eigenvalue weighted by Gasteiger charge is -2.30. The molecule has 0 radical (unpaired) electrons. The second-order valence-electron chi connectivity index (χ2n) is 5.18. The molecule has 0 bridgehead atoms. The quantitative estimate of drug-likeness (QED) is 0.587. The van der Waals surface area contributed by atoms with E-state index in [9.17, 15) is 4.79 Å². The molecule has 14 heavy (non-hydrogen) atoms. The Morgan fingerprint density at radius 1 is 1.43 bits per heavy atom. The van der Waals surface area contributed by atoms with E-state index in [4.69, 9.17) is 5.26 Å². The monoisotopic (exact) mass is 189 g/mol. The van der Waals surface area contributed by atoms with Crippen LogP contribution in [0.4, 0.5) is 0 Å². The number of nitriles is 1. The van der Waals surface area contributed by atoms with E-state index in [1.54, 1.807) is 0 Å². The maximum Gasteiger partial charge on any atom is 0.160 e. The molecule has 2 rings (SSSR count). The molecule has 0 spiro atoms. The van der Waals surface area contributed by atoms with Crippen LogP contribution >= 0.6 is 0 Å². The molecule has 0 aromatic carbocycles. The van der Waals surface area contributed by atoms with Crippen molar-refractivity contribution in [3.8, 4) is 6.07 Å². The highest BCUT2D eigenvalue weighted by Crippen LogP contribution is 2.45. The Balaban J connectivity index is 2.37. The highest BCUT2D eigenvalue weighted by atomic mass is 16.1. The molecule has 2 aliphatic carbocycles. The van der Waals surface area contributed by atoms with Gasteiger partial charge in [-0.05, 0) is 24.7 Å². The van der Waals surface area contributed by atoms with Gasteiger partial charge in [-0.15, -0.1) is 0 Å². The average molecular weight is 189 g/mol. The number of ketones is 1. The lowest BCUT2D eigenvalue weighted by molar-refractivity contribution is -0.118. The average Bonchev–Trinajstić information content (AvgIpc) is 2.44. The van der Waals surface area contributed by atoms with Crippen LogP contribution in [0.1, 0.15) is 39.5 Å². The van der Waals surface area contributed by atoms with Crippen LogP contribution in [0.5, 0.6) is 0 Å². The molecule has 0 N–H and O–H groups in total. The summed E-state index contributed by atoms with van der Waals surface area (Å²) in [6, 6.07) is 2.24. The van der Waals surface area contributed by atoms with Crippen molar-refractivity contribution in [1.29, 1.82) is 5.26 Å². The summed E-state index contributed by atoms with van der Waals surface area (Å²) in [6.07, 6.45) is 3.45. The number of rotatable bonds is 0. The minimum absolute atomic E-state index is 0.103. The predicted octanol–water partition coefficient (Wildman–Crippen LogP) is 2.61. The van der Waals surface area contributed by atoms with Crippen LogP contribution in [0.15, 0.2) is 11.1 Å². The van der Waals surface area contributed by atoms with Crippen molar-refractivity contribution in [3.63, 3.8) is 0 Å². The highest BCUT2D eigenvalue weighted by molar-refractivity contribution is 5.99. The summed E-state index contributed by atoms with van der Waals surface area (Å²) >= 11 is 0. The number of carbonyl (C=O) groups is 1. The van der Waals surface area contributed by atoms with Gasteiger partial charge in [0, 0.05) is 12.0 Å². The fourth-order valence-electron chi connectivity index (χ4n) is 2.72. The molecule has 0 saturated carbocycles. The summed E-state index contributed by atoms with van der Waals surface area (Å²) in [6.45, 7) is 4.27. The van der Waals surface area contributed by atoms with E-state index in [0.29, 0.717) is 6.42 Å². The minimum Gasteiger partial charge on any atom is -0.294 e. The van der Waals surface area contributed by atoms with Crippen molar-refractivity contribution in [2.45, 2.75) is 39.5 Å². The van der Waals surface area contributed by atoms with E-state index in [1.165, 1.54) is 5.57 Å². The van der Waals surface area contributed by atoms with Gasteiger partial charge in [-0.2, -0.15) is 5.26 Å². The molecule has 0 aliphatic heterocycles. The number of nitrogens with zero attached hydrogens (tertiary/aromatic N) is 1. The summed E-state index contributed by atoms with van der Waals surface area (Å²) in [5, 5.41) is 8.92. The van der Waals surface area contributed by atoms with Gasteiger partial charge in [0.2, 0.25) is 0 Å². The van der Waals surface area contributed by atoms with Crippen molar-refractivity contribution in [3.05, 3.63) is 11.1 Å². The van der Waals surface area contributed by atoms with Gasteiger partial charge in [-0.25, -0.2) is 0 Å². The summed E-state index contributed by atoms with van der Waals surface area (Å²) < 4.78 is 0. The number of Topliss-reactive ketones (excluding diaryl/α,β-unsaturated/α-hetero) is 1. The maximum absolute atomic E-state index is 11.9. The standard InChI is InChI=1S/C12H15NO/c1-12(2)5-8-3-4-9(7-13)11(8)10(14)6-12/h9H,3-6H2,1-2H3. The molecule has 0 heterocycles. The minimum atomic E-state index is -0.103. The van der Waals surface area contributed by atoms with E-state index >= 15 is 0 Å². The summed E-state index contributed by atoms with van der Waals surface area (Å²) in [5.41, 5.74) is 2.24. The number of allylic oxidation sites excluding steroid dienone is 2. The van der Waals surface area contributed by atoms with E-state index in [2.05, 4.69) is 19.9 Å². The van der Waals surface area contributed by atoms with Crippen LogP contribution < -0.4 is 0 Å². The third-order valence-electron chi connectivity index (χ3n) is 3.25. The number of hydrogen-bond donors (Lipinski definition) is 0. The Morgan fingerprint density at radius 2 is 2.14 bits per heavy atom. The molecule has 1 atom stereocenters. The second kappa shape index (κ2) is 2.95. The summed E-state index contributed by atoms with van der Waals surface area (Å²) in [5.74, 6) is 0.119. The lowest BCUT2D eigenvalue weighted by Crippen LogP contribution is -2.25. The maximum atomic E-state index is 11.9. The zero-order valence-corrected chi connectivity index (χ0v) is 8.76. The molecule has 0 aromatic heterocycles. The Hall–Kier alpha value is -1.10. The smallest absolute Gasteiger partial charge is 0.160 e. The van der Waals surface area contributed by atoms with Crippen molar-refractivity contribution >= 4 is 5.78 Å². The molecule has 2 heteroatoms. The molecule has 0 aromatic rings. The fourth-order valence-corrected chi connectivity index (χ4v) is 2.72. The second-order valence-corrected chi connectivity index (χ2v) is 5.18. The van der Waals surface area contributed by atoms with Gasteiger partial charge < -0.3 is 0 Å². The molecule has 0 amide bonds. The van der Waals surface area contributed by atoms with Gasteiger partial charge in [0.1, 0.15) is 0 Å². The topological polar surface area (TPSA) is 40.9 Å². The lowest BCUT2D eigenvalue weighted by atomic mass is 9.73. The van der Waals surface area contributed by atoms with E-state index in [0.717, 1.165) is 24.8 Å². The van der Waals surface area contributed by atoms with Crippen molar-refractivity contribution in [1.82, 2.24) is 0 Å². The summed E-state index contributed by atoms with van der Waals surface area (Å²) in [4.78, 5) is 11.9. The van der Waals surface area contributed by atoms with E-state index in [1.807, 2.05) is 0 Å². The molecule has 74 valence electrons. The van der Waals surface area contributed by atoms with Crippen molar-refractivity contribution < 1.29 is 4.79 Å². The Labute approximate surface area is 84.6 Å². The molecule has 1 unspecified atom stereocenters. The van der Waals surface area contributed by atoms with Crippen molar-refractivity contribution in [2.24, 2.45) is 11.3 Å². The van der Waals surface area contributed by atoms with Crippen LogP contribution in [-0.4, -0.2) is 5.78 Å². The van der Waals surface area contributed by atoms with Crippen molar-refractivity contribution in [2.75, 3.05) is 0 Å². The first kappa shape index (κ1) is 9.45. The van der Waals surface area contributed by atoms with E-state index < -0.39 is 0 Å². The first-order valence-corrected chi connectivity index (χ1v) is 5.18. The normalized spacial score (nSPS) is 30.1. The zero-order chi connectivity index (χ0) is 10.3. The number of hydrogen-bond acceptors (Lipinski definition) is 2. The Morgan fingerprint density at radius 3 is 2.79 bits per heavy atom. The molecule has 0 fully saturated rings. The fraction of sp³-hybridized carbons (Fsp3) is 0.667. The van der Waals surface area contributed by atoms with Crippen LogP contribution in [-0.2, 0) is 4.79 Å². The first-order chi connectivity index (χ1) is 6.53. The van der Waals surface area contributed by atoms with Gasteiger partial charge in [0.25, 0.3) is 0 Å². The third-order valence-corrected chi connectivity index (χ3v) is 3.25. The van der Waals surface area contributed by atoms with Gasteiger partial charge in [0.15, 0.2) is 5.78 Å². The predicted molar refractivity (Wildman–Crippen MR) is 53.4 cm³/mol. The van der Waals surface area contributed by atoms with Crippen LogP contribution in [0, 0.1) is 22.7 Å². The van der Waals surface area contributed by atoms with Crippen LogP contribution in [0.3, 0.4) is 0 Å². The van der Waals surface area contributed by atoms with Gasteiger partial charge in [-0.1, -0.05) is 19.4 Å². The van der Waals surface area contributed by atoms with Gasteiger partial charge in [0.05, 0.1) is 12.0 Å². The third kappa shape index (κ3) is 1.37. The molecular weight excluding hydrogens is 174 g/mol. The zero-order valence-electron chi connectivity index (χ0n) is 8.76. The van der Waals surface area contributed by atoms with Crippen LogP contribution in [0.2, 0.25) is 0 Å². The van der Waals surface area contributed by atoms with Crippen LogP contribution in [0.25, 0.3) is 0 Å². The molecular formula is C12H15NO. The first-order valence-electron chi connectivity index (χ1n) is 5.18. The largest absolute Gasteiger partial charge is 0.294 e. The number of carbonyl (C=O) groups excluding carboxylic acids is 1. The summed E-state index contributed by atoms with van der Waals surface area (Å²) in [7, 11) is 0. The Bertz CT molecular complexity index is 357. The molecule has 2 aliphatic rings. The SMILES string of the molecule is CC1(C)CC(=O)C2=C(CCC2C#N)C1. The van der Waals surface area contributed by atoms with Gasteiger partial charge >= 0.3 is 0 Å². The molecule has 0 saturated heterocycles. The molecule has 2 nitrogen and oxygen atoms in total. The highest BCUT2D eigenvalue weighted by Gasteiger charge is 2.39.